The van der Waals surface area contributed by atoms with Crippen molar-refractivity contribution in [1.82, 2.24) is 9.97 Å². The second-order valence-electron chi connectivity index (χ2n) is 12.6. The molecule has 0 aliphatic carbocycles. The van der Waals surface area contributed by atoms with Gasteiger partial charge >= 0.3 is 0 Å². The first-order valence-electron chi connectivity index (χ1n) is 17.0. The molecule has 0 aliphatic rings. The first kappa shape index (κ1) is 29.5. The fourth-order valence-corrected chi connectivity index (χ4v) is 7.20. The van der Waals surface area contributed by atoms with Crippen molar-refractivity contribution in [3.8, 4) is 66.8 Å². The molecule has 0 unspecified atom stereocenters. The molecule has 234 valence electrons. The normalized spacial score (nSPS) is 11.2. The van der Waals surface area contributed by atoms with E-state index >= 15 is 0 Å². The molecule has 0 atom stereocenters. The summed E-state index contributed by atoms with van der Waals surface area (Å²) >= 11 is 0. The van der Waals surface area contributed by atoms with Crippen LogP contribution in [0.1, 0.15) is 0 Å². The standard InChI is InChI=1S/C48H32N2/c1-3-9-33(10-4-1)35-15-19-37(20-16-35)47-43-25-23-39(41-13-7-27-49-31-41)29-45(43)48(38-21-17-36(18-22-38)34-11-5-2-6-12-34)46-30-40(24-26-44(46)47)42-14-8-28-50-32-42/h1-32H. The van der Waals surface area contributed by atoms with E-state index in [-0.39, 0.29) is 0 Å². The van der Waals surface area contributed by atoms with E-state index in [4.69, 9.17) is 0 Å². The molecule has 0 radical (unpaired) electrons. The Bertz CT molecular complexity index is 2480. The van der Waals surface area contributed by atoms with E-state index in [1.165, 1.54) is 66.1 Å². The van der Waals surface area contributed by atoms with Gasteiger partial charge in [0.05, 0.1) is 0 Å². The number of benzene rings is 7. The molecule has 2 heteroatoms. The summed E-state index contributed by atoms with van der Waals surface area (Å²) in [4.78, 5) is 8.90. The van der Waals surface area contributed by atoms with Crippen LogP contribution in [0, 0.1) is 0 Å². The Balaban J connectivity index is 1.34. The fraction of sp³-hybridized carbons (Fsp3) is 0. The lowest BCUT2D eigenvalue weighted by molar-refractivity contribution is 1.33. The van der Waals surface area contributed by atoms with Crippen LogP contribution in [0.15, 0.2) is 195 Å². The van der Waals surface area contributed by atoms with Gasteiger partial charge in [-0.1, -0.05) is 146 Å². The molecular weight excluding hydrogens is 605 g/mol. The lowest BCUT2D eigenvalue weighted by atomic mass is 9.83. The third-order valence-corrected chi connectivity index (χ3v) is 9.67. The van der Waals surface area contributed by atoms with Crippen LogP contribution in [0.2, 0.25) is 0 Å². The van der Waals surface area contributed by atoms with Crippen LogP contribution in [-0.4, -0.2) is 9.97 Å². The van der Waals surface area contributed by atoms with Crippen molar-refractivity contribution in [1.29, 1.82) is 0 Å². The van der Waals surface area contributed by atoms with Crippen molar-refractivity contribution < 1.29 is 0 Å². The number of pyridine rings is 2. The molecule has 50 heavy (non-hydrogen) atoms. The quantitative estimate of drug-likeness (QED) is 0.170. The Morgan fingerprint density at radius 3 is 0.980 bits per heavy atom. The summed E-state index contributed by atoms with van der Waals surface area (Å²) in [5.41, 5.74) is 14.1. The highest BCUT2D eigenvalue weighted by atomic mass is 14.6. The van der Waals surface area contributed by atoms with Gasteiger partial charge in [0, 0.05) is 35.9 Å². The van der Waals surface area contributed by atoms with Gasteiger partial charge in [-0.3, -0.25) is 9.97 Å². The van der Waals surface area contributed by atoms with Gasteiger partial charge in [-0.25, -0.2) is 0 Å². The zero-order valence-corrected chi connectivity index (χ0v) is 27.4. The molecule has 0 amide bonds. The van der Waals surface area contributed by atoms with Crippen LogP contribution >= 0.6 is 0 Å². The van der Waals surface area contributed by atoms with Crippen molar-refractivity contribution in [3.05, 3.63) is 195 Å². The van der Waals surface area contributed by atoms with Crippen molar-refractivity contribution in [2.24, 2.45) is 0 Å². The van der Waals surface area contributed by atoms with E-state index in [0.29, 0.717) is 0 Å². The van der Waals surface area contributed by atoms with Crippen LogP contribution in [0.25, 0.3) is 88.3 Å². The summed E-state index contributed by atoms with van der Waals surface area (Å²) < 4.78 is 0. The predicted molar refractivity (Wildman–Crippen MR) is 210 cm³/mol. The summed E-state index contributed by atoms with van der Waals surface area (Å²) in [5, 5.41) is 4.84. The lowest BCUT2D eigenvalue weighted by Crippen LogP contribution is -1.93. The molecule has 0 saturated carbocycles. The summed E-state index contributed by atoms with van der Waals surface area (Å²) in [6.45, 7) is 0. The smallest absolute Gasteiger partial charge is 0.0346 e. The molecule has 0 N–H and O–H groups in total. The largest absolute Gasteiger partial charge is 0.264 e. The maximum atomic E-state index is 4.45. The highest BCUT2D eigenvalue weighted by Crippen LogP contribution is 2.46. The number of hydrogen-bond acceptors (Lipinski definition) is 2. The van der Waals surface area contributed by atoms with E-state index in [2.05, 4.69) is 168 Å². The number of nitrogens with zero attached hydrogens (tertiary/aromatic N) is 2. The molecule has 2 heterocycles. The number of fused-ring (bicyclic) bond motifs is 2. The molecule has 0 aliphatic heterocycles. The van der Waals surface area contributed by atoms with Crippen LogP contribution in [0.3, 0.4) is 0 Å². The summed E-state index contributed by atoms with van der Waals surface area (Å²) in [6.07, 6.45) is 7.55. The minimum Gasteiger partial charge on any atom is -0.264 e. The summed E-state index contributed by atoms with van der Waals surface area (Å²) in [6, 6.07) is 61.3. The number of rotatable bonds is 6. The molecule has 0 fully saturated rings. The van der Waals surface area contributed by atoms with Gasteiger partial charge in [0.15, 0.2) is 0 Å². The molecule has 9 aromatic rings. The minimum absolute atomic E-state index is 1.10. The van der Waals surface area contributed by atoms with Crippen molar-refractivity contribution in [3.63, 3.8) is 0 Å². The van der Waals surface area contributed by atoms with Crippen molar-refractivity contribution in [2.75, 3.05) is 0 Å². The van der Waals surface area contributed by atoms with Crippen molar-refractivity contribution >= 4 is 21.5 Å². The molecular formula is C48H32N2. The number of aromatic nitrogens is 2. The van der Waals surface area contributed by atoms with Gasteiger partial charge in [-0.2, -0.15) is 0 Å². The second kappa shape index (κ2) is 12.8. The zero-order chi connectivity index (χ0) is 33.3. The van der Waals surface area contributed by atoms with Gasteiger partial charge in [-0.05, 0) is 101 Å². The van der Waals surface area contributed by atoms with Gasteiger partial charge in [0.25, 0.3) is 0 Å². The highest BCUT2D eigenvalue weighted by Gasteiger charge is 2.19. The number of hydrogen-bond donors (Lipinski definition) is 0. The fourth-order valence-electron chi connectivity index (χ4n) is 7.20. The molecule has 2 nitrogen and oxygen atoms in total. The summed E-state index contributed by atoms with van der Waals surface area (Å²) in [7, 11) is 0. The Labute approximate surface area is 292 Å². The first-order valence-corrected chi connectivity index (χ1v) is 17.0. The van der Waals surface area contributed by atoms with Crippen LogP contribution < -0.4 is 0 Å². The Hall–Kier alpha value is -6.64. The van der Waals surface area contributed by atoms with Crippen LogP contribution in [-0.2, 0) is 0 Å². The Morgan fingerprint density at radius 2 is 0.580 bits per heavy atom. The zero-order valence-electron chi connectivity index (χ0n) is 27.4. The average molecular weight is 637 g/mol. The molecule has 7 aromatic carbocycles. The maximum absolute atomic E-state index is 4.45. The van der Waals surface area contributed by atoms with E-state index in [1.807, 2.05) is 36.9 Å². The monoisotopic (exact) mass is 636 g/mol. The van der Waals surface area contributed by atoms with E-state index in [9.17, 15) is 0 Å². The molecule has 0 saturated heterocycles. The van der Waals surface area contributed by atoms with Gasteiger partial charge in [0.2, 0.25) is 0 Å². The molecule has 2 aromatic heterocycles. The predicted octanol–water partition coefficient (Wildman–Crippen LogP) is 12.8. The molecule has 0 spiro atoms. The minimum atomic E-state index is 1.10. The van der Waals surface area contributed by atoms with Gasteiger partial charge in [-0.15, -0.1) is 0 Å². The third-order valence-electron chi connectivity index (χ3n) is 9.67. The lowest BCUT2D eigenvalue weighted by Gasteiger charge is -2.20. The Morgan fingerprint density at radius 1 is 0.240 bits per heavy atom. The second-order valence-corrected chi connectivity index (χ2v) is 12.6. The van der Waals surface area contributed by atoms with E-state index in [1.54, 1.807) is 0 Å². The van der Waals surface area contributed by atoms with E-state index in [0.717, 1.165) is 22.3 Å². The third kappa shape index (κ3) is 5.43. The average Bonchev–Trinajstić information content (AvgIpc) is 3.21. The first-order chi connectivity index (χ1) is 24.8. The van der Waals surface area contributed by atoms with Crippen molar-refractivity contribution in [2.45, 2.75) is 0 Å². The van der Waals surface area contributed by atoms with Gasteiger partial charge < -0.3 is 0 Å². The summed E-state index contributed by atoms with van der Waals surface area (Å²) in [5.74, 6) is 0. The van der Waals surface area contributed by atoms with E-state index < -0.39 is 0 Å². The highest BCUT2D eigenvalue weighted by molar-refractivity contribution is 6.22. The SMILES string of the molecule is c1ccc(-c2ccc(-c3c4ccc(-c5cccnc5)cc4c(-c4ccc(-c5ccccc5)cc4)c4cc(-c5cccnc5)ccc34)cc2)cc1. The maximum Gasteiger partial charge on any atom is 0.0346 e. The Kier molecular flexibility index (Phi) is 7.53. The topological polar surface area (TPSA) is 25.8 Å². The molecule has 0 bridgehead atoms. The van der Waals surface area contributed by atoms with Crippen LogP contribution in [0.5, 0.6) is 0 Å². The van der Waals surface area contributed by atoms with Crippen LogP contribution in [0.4, 0.5) is 0 Å². The molecule has 9 rings (SSSR count). The van der Waals surface area contributed by atoms with Gasteiger partial charge in [0.1, 0.15) is 0 Å².